The summed E-state index contributed by atoms with van der Waals surface area (Å²) < 4.78 is 5.09. The fourth-order valence-electron chi connectivity index (χ4n) is 1.31. The van der Waals surface area contributed by atoms with Gasteiger partial charge < -0.3 is 4.74 Å². The molecule has 0 aliphatic carbocycles. The Morgan fingerprint density at radius 1 is 1.27 bits per heavy atom. The highest BCUT2D eigenvalue weighted by atomic mass is 35.5. The molecule has 0 bridgehead atoms. The van der Waals surface area contributed by atoms with Gasteiger partial charge in [0.05, 0.1) is 12.5 Å². The molecule has 15 heavy (non-hydrogen) atoms. The van der Waals surface area contributed by atoms with E-state index in [9.17, 15) is 0 Å². The minimum atomic E-state index is -0.101. The van der Waals surface area contributed by atoms with Crippen LogP contribution in [0.5, 0.6) is 5.75 Å². The fourth-order valence-corrected chi connectivity index (χ4v) is 1.83. The second-order valence-corrected chi connectivity index (χ2v) is 5.46. The van der Waals surface area contributed by atoms with Crippen LogP contribution >= 0.6 is 23.2 Å². The van der Waals surface area contributed by atoms with E-state index < -0.39 is 0 Å². The average Bonchev–Trinajstić information content (AvgIpc) is 2.15. The summed E-state index contributed by atoms with van der Waals surface area (Å²) in [7, 11) is 1.62. The van der Waals surface area contributed by atoms with E-state index in [-0.39, 0.29) is 10.8 Å². The number of hydrogen-bond acceptors (Lipinski definition) is 1. The van der Waals surface area contributed by atoms with Gasteiger partial charge >= 0.3 is 0 Å². The molecule has 1 atom stereocenters. The van der Waals surface area contributed by atoms with Crippen molar-refractivity contribution in [3.8, 4) is 5.75 Å². The van der Waals surface area contributed by atoms with Crippen molar-refractivity contribution < 1.29 is 4.74 Å². The number of ether oxygens (including phenoxy) is 1. The topological polar surface area (TPSA) is 9.23 Å². The van der Waals surface area contributed by atoms with Gasteiger partial charge in [-0.2, -0.15) is 0 Å². The van der Waals surface area contributed by atoms with Gasteiger partial charge in [-0.15, -0.1) is 11.6 Å². The number of alkyl halides is 1. The maximum absolute atomic E-state index is 6.36. The van der Waals surface area contributed by atoms with Crippen LogP contribution in [-0.2, 0) is 0 Å². The Bertz CT molecular complexity index is 342. The van der Waals surface area contributed by atoms with Gasteiger partial charge in [0.1, 0.15) is 5.75 Å². The minimum absolute atomic E-state index is 0.0141. The monoisotopic (exact) mass is 246 g/mol. The van der Waals surface area contributed by atoms with Crippen molar-refractivity contribution in [3.63, 3.8) is 0 Å². The SMILES string of the molecule is COc1ccc(C(Cl)C(C)(C)C)c(Cl)c1. The van der Waals surface area contributed by atoms with Crippen molar-refractivity contribution in [1.29, 1.82) is 0 Å². The van der Waals surface area contributed by atoms with Crippen molar-refractivity contribution in [2.45, 2.75) is 26.1 Å². The smallest absolute Gasteiger partial charge is 0.120 e. The lowest BCUT2D eigenvalue weighted by atomic mass is 9.87. The minimum Gasteiger partial charge on any atom is -0.497 e. The van der Waals surface area contributed by atoms with Crippen molar-refractivity contribution in [1.82, 2.24) is 0 Å². The Labute approximate surface area is 101 Å². The molecule has 0 aromatic heterocycles. The van der Waals surface area contributed by atoms with Crippen LogP contribution < -0.4 is 4.74 Å². The maximum Gasteiger partial charge on any atom is 0.120 e. The molecule has 0 saturated heterocycles. The molecule has 1 nitrogen and oxygen atoms in total. The molecule has 1 aromatic carbocycles. The lowest BCUT2D eigenvalue weighted by molar-refractivity contribution is 0.394. The molecular formula is C12H16Cl2O. The number of benzene rings is 1. The van der Waals surface area contributed by atoms with Crippen molar-refractivity contribution in [2.24, 2.45) is 5.41 Å². The Morgan fingerprint density at radius 2 is 1.87 bits per heavy atom. The molecule has 0 saturated carbocycles. The molecule has 0 fully saturated rings. The van der Waals surface area contributed by atoms with E-state index in [0.29, 0.717) is 5.02 Å². The highest BCUT2D eigenvalue weighted by Gasteiger charge is 2.25. The van der Waals surface area contributed by atoms with E-state index in [0.717, 1.165) is 11.3 Å². The number of hydrogen-bond donors (Lipinski definition) is 0. The summed E-state index contributed by atoms with van der Waals surface area (Å²) in [6, 6.07) is 5.59. The van der Waals surface area contributed by atoms with Crippen LogP contribution in [0.15, 0.2) is 18.2 Å². The first-order valence-corrected chi connectivity index (χ1v) is 5.65. The Hall–Kier alpha value is -0.400. The second-order valence-electron chi connectivity index (χ2n) is 4.62. The van der Waals surface area contributed by atoms with Crippen LogP contribution in [0.1, 0.15) is 31.7 Å². The largest absolute Gasteiger partial charge is 0.497 e. The fraction of sp³-hybridized carbons (Fsp3) is 0.500. The van der Waals surface area contributed by atoms with E-state index in [1.807, 2.05) is 12.1 Å². The molecule has 0 aliphatic heterocycles. The predicted octanol–water partition coefficient (Wildman–Crippen LogP) is 4.67. The molecule has 0 radical (unpaired) electrons. The highest BCUT2D eigenvalue weighted by molar-refractivity contribution is 6.33. The van der Waals surface area contributed by atoms with Gasteiger partial charge in [-0.05, 0) is 23.1 Å². The summed E-state index contributed by atoms with van der Waals surface area (Å²) in [6.45, 7) is 6.27. The number of methoxy groups -OCH3 is 1. The summed E-state index contributed by atoms with van der Waals surface area (Å²) in [4.78, 5) is 0. The predicted molar refractivity (Wildman–Crippen MR) is 66.1 cm³/mol. The van der Waals surface area contributed by atoms with Crippen molar-refractivity contribution in [2.75, 3.05) is 7.11 Å². The van der Waals surface area contributed by atoms with E-state index >= 15 is 0 Å². The van der Waals surface area contributed by atoms with E-state index in [1.165, 1.54) is 0 Å². The molecule has 1 rings (SSSR count). The molecule has 3 heteroatoms. The van der Waals surface area contributed by atoms with Gasteiger partial charge in [-0.3, -0.25) is 0 Å². The molecule has 84 valence electrons. The Kier molecular flexibility index (Phi) is 3.91. The van der Waals surface area contributed by atoms with Gasteiger partial charge in [0.2, 0.25) is 0 Å². The summed E-state index contributed by atoms with van der Waals surface area (Å²) in [5.41, 5.74) is 0.936. The van der Waals surface area contributed by atoms with E-state index in [4.69, 9.17) is 27.9 Å². The zero-order chi connectivity index (χ0) is 11.6. The zero-order valence-corrected chi connectivity index (χ0v) is 11.0. The number of rotatable bonds is 2. The van der Waals surface area contributed by atoms with Gasteiger partial charge in [0.25, 0.3) is 0 Å². The normalized spacial score (nSPS) is 13.7. The molecule has 0 N–H and O–H groups in total. The lowest BCUT2D eigenvalue weighted by Crippen LogP contribution is -2.13. The molecular weight excluding hydrogens is 231 g/mol. The highest BCUT2D eigenvalue weighted by Crippen LogP contribution is 2.42. The molecule has 0 amide bonds. The molecule has 0 aliphatic rings. The first-order chi connectivity index (χ1) is 6.86. The molecule has 0 spiro atoms. The average molecular weight is 247 g/mol. The van der Waals surface area contributed by atoms with Gasteiger partial charge in [0.15, 0.2) is 0 Å². The molecule has 0 heterocycles. The van der Waals surface area contributed by atoms with Crippen molar-refractivity contribution in [3.05, 3.63) is 28.8 Å². The summed E-state index contributed by atoms with van der Waals surface area (Å²) >= 11 is 12.5. The molecule has 1 unspecified atom stereocenters. The van der Waals surface area contributed by atoms with E-state index in [1.54, 1.807) is 13.2 Å². The van der Waals surface area contributed by atoms with Crippen LogP contribution in [0.4, 0.5) is 0 Å². The zero-order valence-electron chi connectivity index (χ0n) is 9.47. The van der Waals surface area contributed by atoms with Crippen LogP contribution in [0.25, 0.3) is 0 Å². The maximum atomic E-state index is 6.36. The summed E-state index contributed by atoms with van der Waals surface area (Å²) in [6.07, 6.45) is 0. The Morgan fingerprint density at radius 3 is 2.27 bits per heavy atom. The molecule has 1 aromatic rings. The second kappa shape index (κ2) is 4.63. The van der Waals surface area contributed by atoms with Crippen LogP contribution in [0, 0.1) is 5.41 Å². The van der Waals surface area contributed by atoms with Crippen LogP contribution in [0.3, 0.4) is 0 Å². The summed E-state index contributed by atoms with van der Waals surface area (Å²) in [5, 5.41) is 0.556. The van der Waals surface area contributed by atoms with Crippen LogP contribution in [0.2, 0.25) is 5.02 Å². The number of halogens is 2. The van der Waals surface area contributed by atoms with E-state index in [2.05, 4.69) is 20.8 Å². The Balaban J connectivity index is 3.06. The van der Waals surface area contributed by atoms with Crippen molar-refractivity contribution >= 4 is 23.2 Å². The quantitative estimate of drug-likeness (QED) is 0.690. The lowest BCUT2D eigenvalue weighted by Gasteiger charge is -2.26. The third-order valence-electron chi connectivity index (χ3n) is 2.24. The van der Waals surface area contributed by atoms with Gasteiger partial charge in [-0.25, -0.2) is 0 Å². The third kappa shape index (κ3) is 3.02. The van der Waals surface area contributed by atoms with Gasteiger partial charge in [0, 0.05) is 5.02 Å². The van der Waals surface area contributed by atoms with Gasteiger partial charge in [-0.1, -0.05) is 38.4 Å². The first-order valence-electron chi connectivity index (χ1n) is 4.83. The summed E-state index contributed by atoms with van der Waals surface area (Å²) in [5.74, 6) is 0.751. The first kappa shape index (κ1) is 12.7. The third-order valence-corrected chi connectivity index (χ3v) is 3.46. The van der Waals surface area contributed by atoms with Crippen LogP contribution in [-0.4, -0.2) is 7.11 Å². The standard InChI is InChI=1S/C12H16Cl2O/c1-12(2,3)11(14)9-6-5-8(15-4)7-10(9)13/h5-7,11H,1-4H3.